The van der Waals surface area contributed by atoms with Gasteiger partial charge in [0.15, 0.2) is 17.8 Å². The summed E-state index contributed by atoms with van der Waals surface area (Å²) in [5.41, 5.74) is 0. The Hall–Kier alpha value is -1.47. The predicted octanol–water partition coefficient (Wildman–Crippen LogP) is 2.58. The van der Waals surface area contributed by atoms with E-state index in [4.69, 9.17) is 14.2 Å². The van der Waals surface area contributed by atoms with E-state index in [-0.39, 0.29) is 12.4 Å². The Kier molecular flexibility index (Phi) is 5.24. The van der Waals surface area contributed by atoms with Crippen LogP contribution in [0.5, 0.6) is 11.5 Å². The molecule has 7 heteroatoms. The van der Waals surface area contributed by atoms with Crippen molar-refractivity contribution in [3.05, 3.63) is 24.3 Å². The minimum atomic E-state index is -4.76. The summed E-state index contributed by atoms with van der Waals surface area (Å²) in [5, 5.41) is 0. The van der Waals surface area contributed by atoms with Gasteiger partial charge in [0.25, 0.3) is 0 Å². The summed E-state index contributed by atoms with van der Waals surface area (Å²) in [6.45, 7) is -0.0504. The molecule has 0 aromatic heterocycles. The lowest BCUT2D eigenvalue weighted by Gasteiger charge is -2.17. The number of methoxy groups -OCH3 is 2. The Morgan fingerprint density at radius 1 is 1.06 bits per heavy atom. The number of hydrogen-bond donors (Lipinski definition) is 0. The van der Waals surface area contributed by atoms with Crippen LogP contribution in [0.3, 0.4) is 0 Å². The average molecular weight is 266 g/mol. The molecule has 0 saturated carbocycles. The first-order valence-electron chi connectivity index (χ1n) is 4.99. The number of hydrogen-bond acceptors (Lipinski definition) is 4. The molecule has 1 rings (SSSR count). The van der Waals surface area contributed by atoms with Crippen LogP contribution in [-0.4, -0.2) is 33.5 Å². The number of para-hydroxylation sites is 2. The van der Waals surface area contributed by atoms with Gasteiger partial charge in [-0.15, -0.1) is 13.2 Å². The van der Waals surface area contributed by atoms with Crippen LogP contribution in [0.25, 0.3) is 0 Å². The van der Waals surface area contributed by atoms with E-state index in [1.165, 1.54) is 32.4 Å². The monoisotopic (exact) mass is 266 g/mol. The standard InChI is InChI=1S/C11H13F3O4/c1-15-10(16-2)7-17-8-5-3-4-6-9(8)18-11(12,13)14/h3-6,10H,7H2,1-2H3. The van der Waals surface area contributed by atoms with Gasteiger partial charge in [0.05, 0.1) is 0 Å². The van der Waals surface area contributed by atoms with E-state index in [1.54, 1.807) is 0 Å². The van der Waals surface area contributed by atoms with Gasteiger partial charge in [-0.3, -0.25) is 0 Å². The van der Waals surface area contributed by atoms with Crippen LogP contribution < -0.4 is 9.47 Å². The molecule has 0 aliphatic rings. The highest BCUT2D eigenvalue weighted by atomic mass is 19.4. The molecule has 0 atom stereocenters. The van der Waals surface area contributed by atoms with Crippen LogP contribution in [0.1, 0.15) is 0 Å². The van der Waals surface area contributed by atoms with Crippen LogP contribution in [0.15, 0.2) is 24.3 Å². The molecule has 0 aliphatic heterocycles. The Balaban J connectivity index is 2.70. The summed E-state index contributed by atoms with van der Waals surface area (Å²) < 4.78 is 55.1. The normalized spacial score (nSPS) is 11.7. The van der Waals surface area contributed by atoms with Gasteiger partial charge in [0.2, 0.25) is 0 Å². The van der Waals surface area contributed by atoms with Crippen molar-refractivity contribution in [1.29, 1.82) is 0 Å². The number of alkyl halides is 3. The first kappa shape index (κ1) is 14.6. The lowest BCUT2D eigenvalue weighted by Crippen LogP contribution is -2.23. The molecule has 0 saturated heterocycles. The molecular formula is C11H13F3O4. The SMILES string of the molecule is COC(COc1ccccc1OC(F)(F)F)OC. The first-order chi connectivity index (χ1) is 8.46. The van der Waals surface area contributed by atoms with Gasteiger partial charge in [-0.1, -0.05) is 12.1 Å². The van der Waals surface area contributed by atoms with Crippen LogP contribution in [0.4, 0.5) is 13.2 Å². The van der Waals surface area contributed by atoms with Crippen LogP contribution >= 0.6 is 0 Å². The van der Waals surface area contributed by atoms with Crippen molar-refractivity contribution < 1.29 is 32.1 Å². The summed E-state index contributed by atoms with van der Waals surface area (Å²) in [6.07, 6.45) is -5.43. The topological polar surface area (TPSA) is 36.9 Å². The van der Waals surface area contributed by atoms with Crippen LogP contribution in [-0.2, 0) is 9.47 Å². The molecule has 0 amide bonds. The van der Waals surface area contributed by atoms with Gasteiger partial charge in [-0.2, -0.15) is 0 Å². The second kappa shape index (κ2) is 6.46. The summed E-state index contributed by atoms with van der Waals surface area (Å²) in [4.78, 5) is 0. The predicted molar refractivity (Wildman–Crippen MR) is 56.4 cm³/mol. The number of halogens is 3. The maximum absolute atomic E-state index is 12.1. The van der Waals surface area contributed by atoms with Gasteiger partial charge in [0, 0.05) is 14.2 Å². The Morgan fingerprint density at radius 2 is 1.61 bits per heavy atom. The van der Waals surface area contributed by atoms with E-state index < -0.39 is 18.4 Å². The lowest BCUT2D eigenvalue weighted by atomic mass is 10.3. The third-order valence-electron chi connectivity index (χ3n) is 1.98. The number of benzene rings is 1. The Morgan fingerprint density at radius 3 is 2.11 bits per heavy atom. The van der Waals surface area contributed by atoms with Gasteiger partial charge >= 0.3 is 6.36 Å². The lowest BCUT2D eigenvalue weighted by molar-refractivity contribution is -0.275. The van der Waals surface area contributed by atoms with E-state index in [1.807, 2.05) is 0 Å². The zero-order valence-electron chi connectivity index (χ0n) is 9.86. The minimum Gasteiger partial charge on any atom is -0.484 e. The molecule has 18 heavy (non-hydrogen) atoms. The van der Waals surface area contributed by atoms with Crippen molar-refractivity contribution in [1.82, 2.24) is 0 Å². The first-order valence-corrected chi connectivity index (χ1v) is 4.99. The molecule has 0 radical (unpaired) electrons. The van der Waals surface area contributed by atoms with E-state index in [9.17, 15) is 13.2 Å². The molecular weight excluding hydrogens is 253 g/mol. The van der Waals surface area contributed by atoms with Crippen molar-refractivity contribution in [2.75, 3.05) is 20.8 Å². The van der Waals surface area contributed by atoms with Crippen molar-refractivity contribution >= 4 is 0 Å². The van der Waals surface area contributed by atoms with E-state index in [2.05, 4.69) is 4.74 Å². The van der Waals surface area contributed by atoms with E-state index in [0.717, 1.165) is 6.07 Å². The maximum Gasteiger partial charge on any atom is 0.573 e. The minimum absolute atomic E-state index is 0.0334. The van der Waals surface area contributed by atoms with Crippen molar-refractivity contribution in [2.45, 2.75) is 12.7 Å². The molecule has 1 aromatic carbocycles. The molecule has 0 heterocycles. The second-order valence-electron chi connectivity index (χ2n) is 3.21. The van der Waals surface area contributed by atoms with E-state index >= 15 is 0 Å². The fraction of sp³-hybridized carbons (Fsp3) is 0.455. The molecule has 0 bridgehead atoms. The second-order valence-corrected chi connectivity index (χ2v) is 3.21. The van der Waals surface area contributed by atoms with Gasteiger partial charge in [-0.05, 0) is 12.1 Å². The van der Waals surface area contributed by atoms with Crippen molar-refractivity contribution in [3.63, 3.8) is 0 Å². The largest absolute Gasteiger partial charge is 0.573 e. The Bertz CT molecular complexity index is 364. The zero-order chi connectivity index (χ0) is 13.6. The smallest absolute Gasteiger partial charge is 0.484 e. The molecule has 102 valence electrons. The van der Waals surface area contributed by atoms with Gasteiger partial charge in [-0.25, -0.2) is 0 Å². The summed E-state index contributed by atoms with van der Waals surface area (Å²) in [6, 6.07) is 5.48. The fourth-order valence-electron chi connectivity index (χ4n) is 1.17. The molecule has 1 aromatic rings. The quantitative estimate of drug-likeness (QED) is 0.742. The molecule has 0 unspecified atom stereocenters. The third kappa shape index (κ3) is 4.80. The highest BCUT2D eigenvalue weighted by Crippen LogP contribution is 2.31. The fourth-order valence-corrected chi connectivity index (χ4v) is 1.17. The van der Waals surface area contributed by atoms with E-state index in [0.29, 0.717) is 0 Å². The highest BCUT2D eigenvalue weighted by Gasteiger charge is 2.32. The average Bonchev–Trinajstić information content (AvgIpc) is 2.30. The maximum atomic E-state index is 12.1. The highest BCUT2D eigenvalue weighted by molar-refractivity contribution is 5.39. The van der Waals surface area contributed by atoms with Crippen molar-refractivity contribution in [2.24, 2.45) is 0 Å². The molecule has 0 spiro atoms. The molecule has 0 aliphatic carbocycles. The summed E-state index contributed by atoms with van der Waals surface area (Å²) >= 11 is 0. The summed E-state index contributed by atoms with van der Waals surface area (Å²) in [5.74, 6) is -0.440. The molecule has 0 N–H and O–H groups in total. The van der Waals surface area contributed by atoms with Gasteiger partial charge in [0.1, 0.15) is 6.61 Å². The molecule has 4 nitrogen and oxygen atoms in total. The zero-order valence-corrected chi connectivity index (χ0v) is 9.86. The van der Waals surface area contributed by atoms with Gasteiger partial charge < -0.3 is 18.9 Å². The number of ether oxygens (including phenoxy) is 4. The Labute approximate surface area is 102 Å². The molecule has 0 fully saturated rings. The third-order valence-corrected chi connectivity index (χ3v) is 1.98. The summed E-state index contributed by atoms with van der Waals surface area (Å²) in [7, 11) is 2.80. The van der Waals surface area contributed by atoms with Crippen molar-refractivity contribution in [3.8, 4) is 11.5 Å². The van der Waals surface area contributed by atoms with Crippen LogP contribution in [0.2, 0.25) is 0 Å². The van der Waals surface area contributed by atoms with Crippen LogP contribution in [0, 0.1) is 0 Å². The number of rotatable bonds is 6.